The minimum atomic E-state index is -2.61. The van der Waals surface area contributed by atoms with Crippen molar-refractivity contribution in [2.24, 2.45) is 12.5 Å². The van der Waals surface area contributed by atoms with Gasteiger partial charge in [0, 0.05) is 36.2 Å². The first kappa shape index (κ1) is 14.8. The zero-order chi connectivity index (χ0) is 27.8. The summed E-state index contributed by atoms with van der Waals surface area (Å²) in [6.07, 6.45) is -2.11. The highest BCUT2D eigenvalue weighted by Crippen LogP contribution is 2.40. The van der Waals surface area contributed by atoms with Gasteiger partial charge in [0.1, 0.15) is 18.2 Å². The molecule has 3 heteroatoms. The van der Waals surface area contributed by atoms with Crippen molar-refractivity contribution in [2.45, 2.75) is 54.8 Å². The molecule has 4 aromatic rings. The van der Waals surface area contributed by atoms with Crippen LogP contribution in [-0.2, 0) is 13.4 Å². The van der Waals surface area contributed by atoms with Crippen LogP contribution in [0.15, 0.2) is 34.7 Å². The number of fused-ring (bicyclic) bond motifs is 3. The van der Waals surface area contributed by atoms with E-state index in [0.29, 0.717) is 33.8 Å². The number of aryl methyl sites for hydroxylation is 2. The molecule has 2 aromatic heterocycles. The summed E-state index contributed by atoms with van der Waals surface area (Å²) in [5.74, 6) is 0. The molecule has 0 unspecified atom stereocenters. The Balaban J connectivity index is 2.26. The van der Waals surface area contributed by atoms with Crippen molar-refractivity contribution in [1.82, 2.24) is 0 Å². The summed E-state index contributed by atoms with van der Waals surface area (Å²) in [5, 5.41) is 1.70. The molecule has 0 bridgehead atoms. The molecular formula is C28H31N2O+. The molecule has 0 saturated heterocycles. The number of rotatable bonds is 2. The monoisotopic (exact) mass is 417 g/mol. The molecule has 0 aliphatic heterocycles. The van der Waals surface area contributed by atoms with Crippen LogP contribution in [0.1, 0.15) is 56.9 Å². The first-order valence-electron chi connectivity index (χ1n) is 13.3. The van der Waals surface area contributed by atoms with Crippen molar-refractivity contribution in [2.75, 3.05) is 0 Å². The van der Waals surface area contributed by atoms with Crippen LogP contribution in [0, 0.1) is 39.6 Å². The van der Waals surface area contributed by atoms with Crippen LogP contribution in [0.5, 0.6) is 0 Å². The number of hydrogen-bond acceptors (Lipinski definition) is 1. The molecule has 2 heterocycles. The molecule has 0 radical (unpaired) electrons. The van der Waals surface area contributed by atoms with Crippen molar-refractivity contribution < 1.29 is 17.2 Å². The maximum absolute atomic E-state index is 9.31. The van der Waals surface area contributed by atoms with Crippen LogP contribution in [0.25, 0.3) is 38.0 Å². The van der Waals surface area contributed by atoms with Crippen molar-refractivity contribution in [3.8, 4) is 11.3 Å². The fourth-order valence-electron chi connectivity index (χ4n) is 4.14. The lowest BCUT2D eigenvalue weighted by Gasteiger charge is -2.21. The molecule has 31 heavy (non-hydrogen) atoms. The summed E-state index contributed by atoms with van der Waals surface area (Å²) in [6, 6.07) is 7.11. The van der Waals surface area contributed by atoms with Gasteiger partial charge in [-0.15, -0.1) is 0 Å². The van der Waals surface area contributed by atoms with E-state index in [9.17, 15) is 1.37 Å². The van der Waals surface area contributed by atoms with Gasteiger partial charge in [0.25, 0.3) is 0 Å². The number of benzene rings is 2. The highest BCUT2D eigenvalue weighted by molar-refractivity contribution is 6.12. The summed E-state index contributed by atoms with van der Waals surface area (Å²) in [6.45, 7) is 15.4. The van der Waals surface area contributed by atoms with Crippen LogP contribution < -0.4 is 4.57 Å². The fourth-order valence-corrected chi connectivity index (χ4v) is 4.14. The van der Waals surface area contributed by atoms with Crippen LogP contribution in [-0.4, -0.2) is 0 Å². The lowest BCUT2D eigenvalue weighted by Crippen LogP contribution is -2.36. The third kappa shape index (κ3) is 3.51. The van der Waals surface area contributed by atoms with Gasteiger partial charge in [-0.05, 0) is 55.2 Å². The van der Waals surface area contributed by atoms with Gasteiger partial charge in [0.2, 0.25) is 5.69 Å². The average Bonchev–Trinajstić information content (AvgIpc) is 3.15. The number of nitrogens with zero attached hydrogens (tertiary/aromatic N) is 2. The minimum absolute atomic E-state index is 0.120. The van der Waals surface area contributed by atoms with Crippen molar-refractivity contribution in [1.29, 1.82) is 0 Å². The van der Waals surface area contributed by atoms with E-state index in [0.717, 1.165) is 21.9 Å². The van der Waals surface area contributed by atoms with Crippen LogP contribution in [0.4, 0.5) is 5.69 Å². The summed E-state index contributed by atoms with van der Waals surface area (Å²) in [7, 11) is 1.71. The Labute approximate surface area is 193 Å². The lowest BCUT2D eigenvalue weighted by atomic mass is 9.85. The summed E-state index contributed by atoms with van der Waals surface area (Å²) < 4.78 is 60.1. The molecule has 3 nitrogen and oxygen atoms in total. The van der Waals surface area contributed by atoms with E-state index in [1.54, 1.807) is 51.4 Å². The van der Waals surface area contributed by atoms with Gasteiger partial charge in [0.15, 0.2) is 11.4 Å². The van der Waals surface area contributed by atoms with E-state index in [1.165, 1.54) is 0 Å². The molecule has 0 spiro atoms. The smallest absolute Gasteiger partial charge is 0.216 e. The van der Waals surface area contributed by atoms with Crippen molar-refractivity contribution >= 4 is 27.6 Å². The van der Waals surface area contributed by atoms with Gasteiger partial charge in [-0.2, -0.15) is 4.57 Å². The van der Waals surface area contributed by atoms with Gasteiger partial charge in [-0.3, -0.25) is 0 Å². The first-order chi connectivity index (χ1) is 16.9. The Bertz CT molecular complexity index is 1630. The fraction of sp³-hybridized carbons (Fsp3) is 0.357. The Kier molecular flexibility index (Phi) is 3.46. The Morgan fingerprint density at radius 2 is 1.94 bits per heavy atom. The summed E-state index contributed by atoms with van der Waals surface area (Å²) in [4.78, 5) is 3.51. The number of pyridine rings is 1. The maximum Gasteiger partial charge on any atom is 0.216 e. The molecule has 0 aliphatic rings. The SMILES string of the molecule is [2H]c1c(C([2H])([2H])C(C)(C)C)c(C([2H])([2H])[2H])c(C)[n+](C)c1-c1c(C)cc(C)c2c1oc1cc([N+]#[C-])ccc12. The number of aromatic nitrogens is 1. The standard InChI is InChI=1S/C28H31N2O/c1-16-12-17(2)26(27-25(16)22-11-10-21(29-8)14-24(22)31-27)23-13-20(15-28(5,6)7)18(3)19(4)30(23)9/h10-14H,15H2,1-7,9H3/q+1/i3D3,13D,15D2. The average molecular weight is 418 g/mol. The van der Waals surface area contributed by atoms with E-state index in [4.69, 9.17) is 17.8 Å². The van der Waals surface area contributed by atoms with Gasteiger partial charge in [0.05, 0.1) is 13.5 Å². The highest BCUT2D eigenvalue weighted by Gasteiger charge is 2.26. The van der Waals surface area contributed by atoms with Crippen LogP contribution >= 0.6 is 0 Å². The second kappa shape index (κ2) is 7.24. The summed E-state index contributed by atoms with van der Waals surface area (Å²) >= 11 is 0. The highest BCUT2D eigenvalue weighted by atomic mass is 16.3. The van der Waals surface area contributed by atoms with E-state index in [2.05, 4.69) is 4.85 Å². The Morgan fingerprint density at radius 1 is 1.19 bits per heavy atom. The quantitative estimate of drug-likeness (QED) is 0.245. The molecule has 0 aliphatic carbocycles. The minimum Gasteiger partial charge on any atom is -0.456 e. The van der Waals surface area contributed by atoms with E-state index in [1.807, 2.05) is 26.0 Å². The van der Waals surface area contributed by atoms with Crippen molar-refractivity contribution in [3.63, 3.8) is 0 Å². The lowest BCUT2D eigenvalue weighted by molar-refractivity contribution is -0.667. The predicted octanol–water partition coefficient (Wildman–Crippen LogP) is 7.45. The van der Waals surface area contributed by atoms with Crippen LogP contribution in [0.2, 0.25) is 0 Å². The largest absolute Gasteiger partial charge is 0.456 e. The molecule has 0 saturated carbocycles. The van der Waals surface area contributed by atoms with Crippen molar-refractivity contribution in [3.05, 3.63) is 69.7 Å². The van der Waals surface area contributed by atoms with E-state index >= 15 is 0 Å². The van der Waals surface area contributed by atoms with Gasteiger partial charge in [-0.1, -0.05) is 39.0 Å². The third-order valence-corrected chi connectivity index (χ3v) is 5.68. The maximum atomic E-state index is 9.31. The first-order valence-corrected chi connectivity index (χ1v) is 10.3. The third-order valence-electron chi connectivity index (χ3n) is 5.68. The normalized spacial score (nSPS) is 15.7. The molecule has 0 atom stereocenters. The number of hydrogen-bond donors (Lipinski definition) is 0. The zero-order valence-electron chi connectivity index (χ0n) is 25.1. The predicted molar refractivity (Wildman–Crippen MR) is 129 cm³/mol. The molecular weight excluding hydrogens is 380 g/mol. The van der Waals surface area contributed by atoms with Gasteiger partial charge < -0.3 is 4.42 Å². The second-order valence-corrected chi connectivity index (χ2v) is 9.23. The topological polar surface area (TPSA) is 21.4 Å². The van der Waals surface area contributed by atoms with E-state index in [-0.39, 0.29) is 17.2 Å². The van der Waals surface area contributed by atoms with Crippen LogP contribution in [0.3, 0.4) is 0 Å². The molecule has 2 aromatic carbocycles. The van der Waals surface area contributed by atoms with Gasteiger partial charge in [-0.25, -0.2) is 4.85 Å². The van der Waals surface area contributed by atoms with E-state index < -0.39 is 18.6 Å². The second-order valence-electron chi connectivity index (χ2n) is 9.23. The molecule has 0 N–H and O–H groups in total. The molecule has 0 fully saturated rings. The zero-order valence-corrected chi connectivity index (χ0v) is 19.1. The number of furan rings is 1. The molecule has 158 valence electrons. The summed E-state index contributed by atoms with van der Waals surface area (Å²) in [5.41, 5.74) is 3.47. The Morgan fingerprint density at radius 3 is 2.58 bits per heavy atom. The molecule has 0 amide bonds. The van der Waals surface area contributed by atoms with Gasteiger partial charge >= 0.3 is 0 Å². The molecule has 4 rings (SSSR count). The Hall–Kier alpha value is -3.12.